The molecule has 1 aromatic heterocycles. The van der Waals surface area contributed by atoms with E-state index in [1.807, 2.05) is 26.0 Å². The first kappa shape index (κ1) is 11.7. The van der Waals surface area contributed by atoms with Crippen LogP contribution in [0.25, 0.3) is 11.0 Å². The minimum Gasteiger partial charge on any atom is -0.325 e. The van der Waals surface area contributed by atoms with E-state index in [4.69, 9.17) is 0 Å². The number of anilines is 2. The number of carbonyl (C=O) groups excluding carboxylic acids is 2. The maximum atomic E-state index is 11.9. The van der Waals surface area contributed by atoms with Crippen molar-refractivity contribution in [1.82, 2.24) is 9.97 Å². The summed E-state index contributed by atoms with van der Waals surface area (Å²) in [5.41, 5.74) is 2.67. The maximum absolute atomic E-state index is 11.9. The van der Waals surface area contributed by atoms with Gasteiger partial charge in [0.15, 0.2) is 0 Å². The fourth-order valence-corrected chi connectivity index (χ4v) is 2.30. The second-order valence-electron chi connectivity index (χ2n) is 5.26. The van der Waals surface area contributed by atoms with Gasteiger partial charge >= 0.3 is 0 Å². The van der Waals surface area contributed by atoms with Gasteiger partial charge in [0, 0.05) is 12.6 Å². The van der Waals surface area contributed by atoms with E-state index < -0.39 is 5.41 Å². The summed E-state index contributed by atoms with van der Waals surface area (Å²) in [4.78, 5) is 30.2. The first-order valence-corrected chi connectivity index (χ1v) is 6.01. The smallest absolute Gasteiger partial charge is 0.234 e. The molecular formula is C13H14N4O2. The van der Waals surface area contributed by atoms with Crippen molar-refractivity contribution in [2.75, 3.05) is 10.6 Å². The minimum atomic E-state index is -0.553. The number of carbonyl (C=O) groups is 2. The normalized spacial score (nSPS) is 16.3. The molecule has 2 heterocycles. The van der Waals surface area contributed by atoms with E-state index in [0.29, 0.717) is 11.5 Å². The molecule has 1 aromatic carbocycles. The third-order valence-corrected chi connectivity index (χ3v) is 3.40. The van der Waals surface area contributed by atoms with Crippen molar-refractivity contribution in [3.63, 3.8) is 0 Å². The second-order valence-corrected chi connectivity index (χ2v) is 5.26. The molecule has 0 fully saturated rings. The highest BCUT2D eigenvalue weighted by Gasteiger charge is 2.38. The van der Waals surface area contributed by atoms with Gasteiger partial charge in [0.1, 0.15) is 0 Å². The van der Waals surface area contributed by atoms with E-state index in [1.165, 1.54) is 6.92 Å². The van der Waals surface area contributed by atoms with Gasteiger partial charge in [-0.15, -0.1) is 0 Å². The number of nitrogens with one attached hydrogen (secondary N) is 3. The summed E-state index contributed by atoms with van der Waals surface area (Å²) in [6.07, 6.45) is 0. The van der Waals surface area contributed by atoms with Gasteiger partial charge in [0.05, 0.1) is 16.4 Å². The third kappa shape index (κ3) is 1.68. The largest absolute Gasteiger partial charge is 0.325 e. The number of H-pyrrole nitrogens is 1. The summed E-state index contributed by atoms with van der Waals surface area (Å²) in [7, 11) is 0. The Labute approximate surface area is 109 Å². The Hall–Kier alpha value is -2.37. The molecule has 6 heteroatoms. The van der Waals surface area contributed by atoms with E-state index >= 15 is 0 Å². The highest BCUT2D eigenvalue weighted by Crippen LogP contribution is 2.39. The predicted octanol–water partition coefficient (Wildman–Crippen LogP) is 1.75. The third-order valence-electron chi connectivity index (χ3n) is 3.40. The molecule has 19 heavy (non-hydrogen) atoms. The molecule has 1 aliphatic heterocycles. The van der Waals surface area contributed by atoms with Crippen molar-refractivity contribution < 1.29 is 9.59 Å². The Morgan fingerprint density at radius 1 is 1.37 bits per heavy atom. The number of hydrogen-bond donors (Lipinski definition) is 3. The van der Waals surface area contributed by atoms with Crippen LogP contribution in [-0.2, 0) is 15.0 Å². The summed E-state index contributed by atoms with van der Waals surface area (Å²) in [6, 6.07) is 3.72. The van der Waals surface area contributed by atoms with E-state index in [0.717, 1.165) is 16.8 Å². The van der Waals surface area contributed by atoms with Gasteiger partial charge in [-0.05, 0) is 31.5 Å². The predicted molar refractivity (Wildman–Crippen MR) is 72.1 cm³/mol. The lowest BCUT2D eigenvalue weighted by molar-refractivity contribution is -0.119. The van der Waals surface area contributed by atoms with Gasteiger partial charge in [-0.2, -0.15) is 0 Å². The number of aromatic amines is 1. The van der Waals surface area contributed by atoms with Crippen LogP contribution in [0, 0.1) is 0 Å². The van der Waals surface area contributed by atoms with Crippen LogP contribution in [0.1, 0.15) is 26.3 Å². The molecule has 3 N–H and O–H groups in total. The number of fused-ring (bicyclic) bond motifs is 2. The molecule has 0 aliphatic carbocycles. The van der Waals surface area contributed by atoms with Crippen LogP contribution in [0.5, 0.6) is 0 Å². The molecule has 2 aromatic rings. The maximum Gasteiger partial charge on any atom is 0.234 e. The SMILES string of the molecule is CC(=O)Nc1nc2cc3c(cc2[nH]1)C(C)(C)C(=O)N3. The summed E-state index contributed by atoms with van der Waals surface area (Å²) in [5.74, 6) is 0.216. The number of rotatable bonds is 1. The Bertz CT molecular complexity index is 715. The van der Waals surface area contributed by atoms with E-state index in [2.05, 4.69) is 20.6 Å². The Morgan fingerprint density at radius 3 is 2.79 bits per heavy atom. The fraction of sp³-hybridized carbons (Fsp3) is 0.308. The average molecular weight is 258 g/mol. The fourth-order valence-electron chi connectivity index (χ4n) is 2.30. The van der Waals surface area contributed by atoms with Crippen LogP contribution in [0.3, 0.4) is 0 Å². The monoisotopic (exact) mass is 258 g/mol. The number of nitrogens with zero attached hydrogens (tertiary/aromatic N) is 1. The molecule has 0 atom stereocenters. The van der Waals surface area contributed by atoms with Crippen molar-refractivity contribution in [3.05, 3.63) is 17.7 Å². The summed E-state index contributed by atoms with van der Waals surface area (Å²) >= 11 is 0. The van der Waals surface area contributed by atoms with E-state index in [1.54, 1.807) is 0 Å². The molecule has 2 amide bonds. The van der Waals surface area contributed by atoms with Gasteiger partial charge in [0.25, 0.3) is 0 Å². The number of hydrogen-bond acceptors (Lipinski definition) is 3. The quantitative estimate of drug-likeness (QED) is 0.728. The van der Waals surface area contributed by atoms with Crippen molar-refractivity contribution >= 4 is 34.5 Å². The molecular weight excluding hydrogens is 244 g/mol. The number of benzene rings is 1. The lowest BCUT2D eigenvalue weighted by Gasteiger charge is -2.14. The molecule has 3 rings (SSSR count). The number of aromatic nitrogens is 2. The average Bonchev–Trinajstić information content (AvgIpc) is 2.76. The van der Waals surface area contributed by atoms with Crippen molar-refractivity contribution in [1.29, 1.82) is 0 Å². The Kier molecular flexibility index (Phi) is 2.20. The first-order valence-electron chi connectivity index (χ1n) is 6.01. The van der Waals surface area contributed by atoms with Crippen LogP contribution in [0.15, 0.2) is 12.1 Å². The lowest BCUT2D eigenvalue weighted by atomic mass is 9.86. The van der Waals surface area contributed by atoms with Crippen molar-refractivity contribution in [2.24, 2.45) is 0 Å². The van der Waals surface area contributed by atoms with Crippen LogP contribution in [0.2, 0.25) is 0 Å². The molecule has 1 aliphatic rings. The van der Waals surface area contributed by atoms with E-state index in [-0.39, 0.29) is 11.8 Å². The van der Waals surface area contributed by atoms with Crippen LogP contribution < -0.4 is 10.6 Å². The van der Waals surface area contributed by atoms with Gasteiger partial charge in [-0.1, -0.05) is 0 Å². The number of amides is 2. The molecule has 0 saturated carbocycles. The van der Waals surface area contributed by atoms with Crippen LogP contribution in [-0.4, -0.2) is 21.8 Å². The molecule has 0 saturated heterocycles. The molecule has 0 unspecified atom stereocenters. The van der Waals surface area contributed by atoms with Gasteiger partial charge < -0.3 is 10.3 Å². The van der Waals surface area contributed by atoms with Crippen molar-refractivity contribution in [2.45, 2.75) is 26.2 Å². The topological polar surface area (TPSA) is 86.9 Å². The summed E-state index contributed by atoms with van der Waals surface area (Å²) < 4.78 is 0. The molecule has 0 bridgehead atoms. The molecule has 0 radical (unpaired) electrons. The standard InChI is InChI=1S/C13H14N4O2/c1-6(18)14-12-16-9-4-7-8(5-10(9)17-12)15-11(19)13(7,2)3/h4-5H,1-3H3,(H,15,19)(H2,14,16,17,18). The second kappa shape index (κ2) is 3.57. The highest BCUT2D eigenvalue weighted by atomic mass is 16.2. The van der Waals surface area contributed by atoms with Crippen LogP contribution in [0.4, 0.5) is 11.6 Å². The zero-order valence-corrected chi connectivity index (χ0v) is 10.9. The Morgan fingerprint density at radius 2 is 2.11 bits per heavy atom. The van der Waals surface area contributed by atoms with Gasteiger partial charge in [0.2, 0.25) is 17.8 Å². The lowest BCUT2D eigenvalue weighted by Crippen LogP contribution is -2.26. The summed E-state index contributed by atoms with van der Waals surface area (Å²) in [6.45, 7) is 5.19. The first-order chi connectivity index (χ1) is 8.88. The highest BCUT2D eigenvalue weighted by molar-refractivity contribution is 6.07. The van der Waals surface area contributed by atoms with Crippen LogP contribution >= 0.6 is 0 Å². The van der Waals surface area contributed by atoms with Gasteiger partial charge in [-0.25, -0.2) is 4.98 Å². The summed E-state index contributed by atoms with van der Waals surface area (Å²) in [5, 5.41) is 5.46. The molecule has 6 nitrogen and oxygen atoms in total. The molecule has 98 valence electrons. The molecule has 0 spiro atoms. The Balaban J connectivity index is 2.14. The number of imidazole rings is 1. The van der Waals surface area contributed by atoms with Crippen molar-refractivity contribution in [3.8, 4) is 0 Å². The zero-order valence-electron chi connectivity index (χ0n) is 10.9. The minimum absolute atomic E-state index is 0.0164. The van der Waals surface area contributed by atoms with Gasteiger partial charge in [-0.3, -0.25) is 14.9 Å². The van der Waals surface area contributed by atoms with E-state index in [9.17, 15) is 9.59 Å². The zero-order chi connectivity index (χ0) is 13.8.